The van der Waals surface area contributed by atoms with Gasteiger partial charge >= 0.3 is 5.63 Å². The minimum absolute atomic E-state index is 0.285. The summed E-state index contributed by atoms with van der Waals surface area (Å²) in [6, 6.07) is 8.62. The van der Waals surface area contributed by atoms with Crippen LogP contribution in [0.25, 0.3) is 11.0 Å². The van der Waals surface area contributed by atoms with Gasteiger partial charge in [0.25, 0.3) is 0 Å². The van der Waals surface area contributed by atoms with Crippen molar-refractivity contribution in [2.24, 2.45) is 11.8 Å². The van der Waals surface area contributed by atoms with Gasteiger partial charge < -0.3 is 19.2 Å². The maximum absolute atomic E-state index is 11.5. The molecule has 4 atom stereocenters. The van der Waals surface area contributed by atoms with Crippen molar-refractivity contribution in [2.75, 3.05) is 18.0 Å². The first-order chi connectivity index (χ1) is 15.5. The second-order valence-corrected chi connectivity index (χ2v) is 9.46. The standard InChI is InChI=1S/C25H27N3O4/c1-14-19-3-2-4-20(19)27-25(26-14)28-12-16-9-21(29)23(10-17(16)13-28)31-18-7-5-15-6-8-24(30)32-22(15)11-18/h5-8,11,16-17,21,23,29H,2-4,9-10,12-13H2,1H3/t16-,17+,21+,23+/m0/s1. The van der Waals surface area contributed by atoms with Crippen molar-refractivity contribution >= 4 is 16.9 Å². The van der Waals surface area contributed by atoms with Crippen molar-refractivity contribution in [3.05, 3.63) is 57.7 Å². The van der Waals surface area contributed by atoms with E-state index in [0.717, 1.165) is 49.4 Å². The topological polar surface area (TPSA) is 88.7 Å². The van der Waals surface area contributed by atoms with E-state index in [0.29, 0.717) is 29.6 Å². The van der Waals surface area contributed by atoms with E-state index in [2.05, 4.69) is 11.8 Å². The van der Waals surface area contributed by atoms with Crippen LogP contribution >= 0.6 is 0 Å². The summed E-state index contributed by atoms with van der Waals surface area (Å²) in [7, 11) is 0. The Balaban J connectivity index is 1.18. The average molecular weight is 434 g/mol. The quantitative estimate of drug-likeness (QED) is 0.635. The first kappa shape index (κ1) is 19.7. The molecule has 1 aliphatic heterocycles. The van der Waals surface area contributed by atoms with E-state index in [4.69, 9.17) is 19.1 Å². The molecule has 7 nitrogen and oxygen atoms in total. The van der Waals surface area contributed by atoms with E-state index < -0.39 is 6.10 Å². The zero-order chi connectivity index (χ0) is 21.8. The number of fused-ring (bicyclic) bond motifs is 3. The maximum atomic E-state index is 11.5. The molecule has 2 fully saturated rings. The highest BCUT2D eigenvalue weighted by molar-refractivity contribution is 5.77. The second-order valence-electron chi connectivity index (χ2n) is 9.46. The van der Waals surface area contributed by atoms with E-state index >= 15 is 0 Å². The van der Waals surface area contributed by atoms with Crippen molar-refractivity contribution in [1.29, 1.82) is 0 Å². The van der Waals surface area contributed by atoms with E-state index in [1.165, 1.54) is 23.7 Å². The summed E-state index contributed by atoms with van der Waals surface area (Å²) in [6.45, 7) is 3.87. The molecule has 7 heteroatoms. The van der Waals surface area contributed by atoms with E-state index in [1.807, 2.05) is 12.1 Å². The van der Waals surface area contributed by atoms with Crippen LogP contribution in [-0.4, -0.2) is 40.4 Å². The molecular weight excluding hydrogens is 406 g/mol. The van der Waals surface area contributed by atoms with Crippen molar-refractivity contribution in [1.82, 2.24) is 9.97 Å². The summed E-state index contributed by atoms with van der Waals surface area (Å²) in [5, 5.41) is 11.7. The van der Waals surface area contributed by atoms with Gasteiger partial charge in [-0.05, 0) is 74.6 Å². The molecule has 6 rings (SSSR count). The summed E-state index contributed by atoms with van der Waals surface area (Å²) in [5.74, 6) is 2.30. The number of aromatic nitrogens is 2. The van der Waals surface area contributed by atoms with Crippen molar-refractivity contribution < 1.29 is 14.3 Å². The normalized spacial score (nSPS) is 26.9. The Kier molecular flexibility index (Phi) is 4.68. The number of anilines is 1. The van der Waals surface area contributed by atoms with Gasteiger partial charge in [0, 0.05) is 42.0 Å². The van der Waals surface area contributed by atoms with Gasteiger partial charge in [-0.2, -0.15) is 0 Å². The lowest BCUT2D eigenvalue weighted by Gasteiger charge is -2.35. The molecule has 0 spiro atoms. The van der Waals surface area contributed by atoms with Crippen LogP contribution in [0.15, 0.2) is 39.5 Å². The van der Waals surface area contributed by atoms with Gasteiger partial charge in [-0.15, -0.1) is 0 Å². The third-order valence-electron chi connectivity index (χ3n) is 7.38. The Bertz CT molecular complexity index is 1240. The van der Waals surface area contributed by atoms with Crippen LogP contribution in [0.5, 0.6) is 5.75 Å². The number of benzene rings is 1. The minimum Gasteiger partial charge on any atom is -0.488 e. The fourth-order valence-electron chi connectivity index (χ4n) is 5.71. The van der Waals surface area contributed by atoms with E-state index in [1.54, 1.807) is 12.1 Å². The molecule has 3 heterocycles. The minimum atomic E-state index is -0.530. The van der Waals surface area contributed by atoms with Crippen molar-refractivity contribution in [3.63, 3.8) is 0 Å². The zero-order valence-corrected chi connectivity index (χ0v) is 18.2. The van der Waals surface area contributed by atoms with Gasteiger partial charge in [-0.25, -0.2) is 14.8 Å². The number of hydrogen-bond acceptors (Lipinski definition) is 7. The molecule has 2 aliphatic carbocycles. The molecule has 32 heavy (non-hydrogen) atoms. The highest BCUT2D eigenvalue weighted by atomic mass is 16.5. The molecule has 1 aromatic carbocycles. The molecule has 0 unspecified atom stereocenters. The summed E-state index contributed by atoms with van der Waals surface area (Å²) < 4.78 is 11.5. The number of hydrogen-bond donors (Lipinski definition) is 1. The SMILES string of the molecule is Cc1nc(N2C[C@H]3C[C@@H](Oc4ccc5ccc(=O)oc5c4)[C@H](O)C[C@H]3C2)nc2c1CCC2. The van der Waals surface area contributed by atoms with Crippen LogP contribution in [-0.2, 0) is 12.8 Å². The summed E-state index contributed by atoms with van der Waals surface area (Å²) in [6.07, 6.45) is 3.98. The van der Waals surface area contributed by atoms with Gasteiger partial charge in [0.15, 0.2) is 0 Å². The molecule has 0 bridgehead atoms. The Morgan fingerprint density at radius 2 is 1.91 bits per heavy atom. The van der Waals surface area contributed by atoms with Gasteiger partial charge in [0.05, 0.1) is 6.10 Å². The molecule has 1 N–H and O–H groups in total. The predicted octanol–water partition coefficient (Wildman–Crippen LogP) is 3.03. The summed E-state index contributed by atoms with van der Waals surface area (Å²) in [4.78, 5) is 23.5. The molecule has 3 aromatic rings. The van der Waals surface area contributed by atoms with Crippen LogP contribution in [0.4, 0.5) is 5.95 Å². The van der Waals surface area contributed by atoms with Gasteiger partial charge in [-0.1, -0.05) is 0 Å². The summed E-state index contributed by atoms with van der Waals surface area (Å²) in [5.41, 5.74) is 3.77. The highest BCUT2D eigenvalue weighted by Gasteiger charge is 2.43. The fraction of sp³-hybridized carbons (Fsp3) is 0.480. The zero-order valence-electron chi connectivity index (χ0n) is 18.2. The third-order valence-corrected chi connectivity index (χ3v) is 7.38. The first-order valence-electron chi connectivity index (χ1n) is 11.5. The molecule has 166 valence electrons. The Hall–Kier alpha value is -2.93. The molecule has 1 saturated heterocycles. The second kappa shape index (κ2) is 7.59. The molecule has 1 saturated carbocycles. The van der Waals surface area contributed by atoms with Gasteiger partial charge in [-0.3, -0.25) is 0 Å². The fourth-order valence-corrected chi connectivity index (χ4v) is 5.71. The lowest BCUT2D eigenvalue weighted by molar-refractivity contribution is -0.0231. The molecule has 0 radical (unpaired) electrons. The Morgan fingerprint density at radius 1 is 1.09 bits per heavy atom. The maximum Gasteiger partial charge on any atom is 0.336 e. The molecule has 2 aromatic heterocycles. The molecule has 0 amide bonds. The number of aryl methyl sites for hydroxylation is 2. The van der Waals surface area contributed by atoms with Gasteiger partial charge in [0.2, 0.25) is 5.95 Å². The van der Waals surface area contributed by atoms with Gasteiger partial charge in [0.1, 0.15) is 17.4 Å². The van der Waals surface area contributed by atoms with Crippen molar-refractivity contribution in [3.8, 4) is 5.75 Å². The third kappa shape index (κ3) is 3.45. The van der Waals surface area contributed by atoms with Crippen LogP contribution in [0, 0.1) is 18.8 Å². The number of nitrogens with zero attached hydrogens (tertiary/aromatic N) is 3. The molecule has 3 aliphatic rings. The number of aliphatic hydroxyl groups is 1. The Morgan fingerprint density at radius 3 is 2.78 bits per heavy atom. The predicted molar refractivity (Wildman–Crippen MR) is 120 cm³/mol. The first-order valence-corrected chi connectivity index (χ1v) is 11.5. The monoisotopic (exact) mass is 433 g/mol. The van der Waals surface area contributed by atoms with Crippen molar-refractivity contribution in [2.45, 2.75) is 51.2 Å². The smallest absolute Gasteiger partial charge is 0.336 e. The number of ether oxygens (including phenoxy) is 1. The van der Waals surface area contributed by atoms with Crippen LogP contribution < -0.4 is 15.3 Å². The van der Waals surface area contributed by atoms with Crippen LogP contribution in [0.3, 0.4) is 0 Å². The Labute approximate surface area is 186 Å². The lowest BCUT2D eigenvalue weighted by atomic mass is 9.78. The largest absolute Gasteiger partial charge is 0.488 e. The average Bonchev–Trinajstić information content (AvgIpc) is 3.40. The number of rotatable bonds is 3. The lowest BCUT2D eigenvalue weighted by Crippen LogP contribution is -2.42. The summed E-state index contributed by atoms with van der Waals surface area (Å²) >= 11 is 0. The number of aliphatic hydroxyl groups excluding tert-OH is 1. The van der Waals surface area contributed by atoms with E-state index in [-0.39, 0.29) is 11.7 Å². The van der Waals surface area contributed by atoms with Crippen LogP contribution in [0.2, 0.25) is 0 Å². The highest BCUT2D eigenvalue weighted by Crippen LogP contribution is 2.39. The molecular formula is C25H27N3O4. The van der Waals surface area contributed by atoms with E-state index in [9.17, 15) is 9.90 Å². The van der Waals surface area contributed by atoms with Crippen LogP contribution in [0.1, 0.15) is 36.2 Å².